The van der Waals surface area contributed by atoms with Gasteiger partial charge in [0.25, 0.3) is 0 Å². The summed E-state index contributed by atoms with van der Waals surface area (Å²) in [5.41, 5.74) is 2.03. The van der Waals surface area contributed by atoms with Crippen molar-refractivity contribution in [2.45, 2.75) is 19.3 Å². The van der Waals surface area contributed by atoms with E-state index in [4.69, 9.17) is 4.74 Å². The molecule has 5 rings (SSSR count). The molecule has 1 aliphatic rings. The molecule has 0 radical (unpaired) electrons. The molecule has 4 aromatic rings. The first-order chi connectivity index (χ1) is 16.6. The number of piperidine rings is 1. The molecule has 0 amide bonds. The lowest BCUT2D eigenvalue weighted by atomic mass is 9.97. The Kier molecular flexibility index (Phi) is 7.96. The van der Waals surface area contributed by atoms with E-state index in [1.54, 1.807) is 42.5 Å². The van der Waals surface area contributed by atoms with E-state index in [-0.39, 0.29) is 29.7 Å². The van der Waals surface area contributed by atoms with Crippen LogP contribution in [0.3, 0.4) is 0 Å². The van der Waals surface area contributed by atoms with Gasteiger partial charge in [-0.1, -0.05) is 6.42 Å². The van der Waals surface area contributed by atoms with Crippen LogP contribution < -0.4 is 17.1 Å². The van der Waals surface area contributed by atoms with E-state index in [1.165, 1.54) is 30.6 Å². The summed E-state index contributed by atoms with van der Waals surface area (Å²) in [4.78, 5) is 16.9. The van der Waals surface area contributed by atoms with Crippen molar-refractivity contribution in [3.63, 3.8) is 0 Å². The molecule has 0 saturated carbocycles. The van der Waals surface area contributed by atoms with Crippen LogP contribution in [-0.4, -0.2) is 47.1 Å². The van der Waals surface area contributed by atoms with Crippen molar-refractivity contribution in [2.75, 3.05) is 26.2 Å². The molecule has 5 nitrogen and oxygen atoms in total. The van der Waals surface area contributed by atoms with Crippen LogP contribution in [0, 0.1) is 0 Å². The average molecular weight is 509 g/mol. The third kappa shape index (κ3) is 5.61. The standard InChI is InChI=1S/C28H27NO4S.ClH/c30-21-8-4-20(5-9-21)28-26(24-13-10-22(31)18-25(24)34-28)27(32)19-6-11-23(12-7-19)33-17-16-29-14-2-1-3-15-29;/h4-13,18,30-31H,1-3,14-17H2;1H/p-1. The number of thiophene rings is 1. The molecule has 0 unspecified atom stereocenters. The van der Waals surface area contributed by atoms with Crippen LogP contribution in [0.1, 0.15) is 35.2 Å². The van der Waals surface area contributed by atoms with Crippen molar-refractivity contribution >= 4 is 27.2 Å². The molecule has 7 heteroatoms. The fourth-order valence-corrected chi connectivity index (χ4v) is 5.69. The highest BCUT2D eigenvalue weighted by atomic mass is 35.5. The molecule has 1 aliphatic heterocycles. The number of halogens is 1. The maximum atomic E-state index is 13.6. The lowest BCUT2D eigenvalue weighted by Gasteiger charge is -2.26. The molecule has 0 bridgehead atoms. The second-order valence-corrected chi connectivity index (χ2v) is 9.69. The smallest absolute Gasteiger partial charge is 0.195 e. The number of ketones is 1. The predicted octanol–water partition coefficient (Wildman–Crippen LogP) is 3.08. The van der Waals surface area contributed by atoms with Gasteiger partial charge in [-0.3, -0.25) is 9.69 Å². The lowest BCUT2D eigenvalue weighted by Crippen LogP contribution is -3.00. The molecule has 1 fully saturated rings. The van der Waals surface area contributed by atoms with Crippen molar-refractivity contribution < 1.29 is 32.2 Å². The molecule has 35 heavy (non-hydrogen) atoms. The first-order valence-electron chi connectivity index (χ1n) is 11.6. The van der Waals surface area contributed by atoms with Crippen LogP contribution in [-0.2, 0) is 0 Å². The largest absolute Gasteiger partial charge is 1.00 e. The molecule has 3 aromatic carbocycles. The first-order valence-corrected chi connectivity index (χ1v) is 12.4. The van der Waals surface area contributed by atoms with E-state index in [2.05, 4.69) is 4.90 Å². The van der Waals surface area contributed by atoms with E-state index < -0.39 is 0 Å². The molecular weight excluding hydrogens is 482 g/mol. The number of ether oxygens (including phenoxy) is 1. The normalized spacial score (nSPS) is 13.9. The zero-order valence-corrected chi connectivity index (χ0v) is 20.8. The SMILES string of the molecule is O=C(c1ccc(OCCN2CCCCC2)cc1)c1c(-c2ccc(O)cc2)sc2cc(O)ccc12.[Cl-]. The molecular formula is C28H27ClNO4S-. The van der Waals surface area contributed by atoms with Crippen LogP contribution in [0.5, 0.6) is 17.2 Å². The number of carbonyl (C=O) groups excluding carboxylic acids is 1. The van der Waals surface area contributed by atoms with Gasteiger partial charge in [0.15, 0.2) is 5.78 Å². The minimum Gasteiger partial charge on any atom is -1.00 e. The number of nitrogens with zero attached hydrogens (tertiary/aromatic N) is 1. The number of carbonyl (C=O) groups is 1. The Bertz CT molecular complexity index is 1300. The van der Waals surface area contributed by atoms with Gasteiger partial charge >= 0.3 is 0 Å². The Hall–Kier alpha value is -3.06. The van der Waals surface area contributed by atoms with Crippen LogP contribution in [0.25, 0.3) is 20.5 Å². The van der Waals surface area contributed by atoms with Crippen molar-refractivity contribution in [1.82, 2.24) is 4.90 Å². The monoisotopic (exact) mass is 508 g/mol. The lowest BCUT2D eigenvalue weighted by molar-refractivity contribution is -0.0000164. The fourth-order valence-electron chi connectivity index (χ4n) is 4.45. The number of likely N-dealkylation sites (tertiary alicyclic amines) is 1. The highest BCUT2D eigenvalue weighted by Crippen LogP contribution is 2.41. The topological polar surface area (TPSA) is 70.0 Å². The van der Waals surface area contributed by atoms with Gasteiger partial charge < -0.3 is 27.4 Å². The summed E-state index contributed by atoms with van der Waals surface area (Å²) < 4.78 is 6.76. The number of hydrogen-bond acceptors (Lipinski definition) is 6. The first kappa shape index (κ1) is 25.0. The van der Waals surface area contributed by atoms with Gasteiger partial charge in [0.05, 0.1) is 0 Å². The second-order valence-electron chi connectivity index (χ2n) is 8.64. The summed E-state index contributed by atoms with van der Waals surface area (Å²) >= 11 is 1.46. The van der Waals surface area contributed by atoms with Crippen LogP contribution in [0.2, 0.25) is 0 Å². The van der Waals surface area contributed by atoms with E-state index in [9.17, 15) is 15.0 Å². The minimum atomic E-state index is -0.0834. The van der Waals surface area contributed by atoms with Crippen molar-refractivity contribution in [1.29, 1.82) is 0 Å². The number of fused-ring (bicyclic) bond motifs is 1. The summed E-state index contributed by atoms with van der Waals surface area (Å²) in [6.07, 6.45) is 3.85. The van der Waals surface area contributed by atoms with Gasteiger partial charge in [-0.2, -0.15) is 0 Å². The Labute approximate surface area is 215 Å². The molecule has 1 saturated heterocycles. The summed E-state index contributed by atoms with van der Waals surface area (Å²) in [6.45, 7) is 3.85. The van der Waals surface area contributed by atoms with Crippen LogP contribution in [0.15, 0.2) is 66.7 Å². The maximum absolute atomic E-state index is 13.6. The van der Waals surface area contributed by atoms with E-state index >= 15 is 0 Å². The number of rotatable bonds is 7. The van der Waals surface area contributed by atoms with Crippen molar-refractivity contribution in [3.05, 3.63) is 77.9 Å². The summed E-state index contributed by atoms with van der Waals surface area (Å²) in [7, 11) is 0. The summed E-state index contributed by atoms with van der Waals surface area (Å²) in [5, 5.41) is 20.4. The molecule has 1 aromatic heterocycles. The van der Waals surface area contributed by atoms with Gasteiger partial charge in [0.1, 0.15) is 23.9 Å². The highest BCUT2D eigenvalue weighted by molar-refractivity contribution is 7.22. The third-order valence-corrected chi connectivity index (χ3v) is 7.47. The molecule has 182 valence electrons. The maximum Gasteiger partial charge on any atom is 0.195 e. The molecule has 0 spiro atoms. The average Bonchev–Trinajstić information content (AvgIpc) is 3.23. The third-order valence-electron chi connectivity index (χ3n) is 6.27. The minimum absolute atomic E-state index is 0. The zero-order valence-electron chi connectivity index (χ0n) is 19.2. The Morgan fingerprint density at radius 1 is 0.886 bits per heavy atom. The zero-order chi connectivity index (χ0) is 23.5. The van der Waals surface area contributed by atoms with Gasteiger partial charge in [-0.25, -0.2) is 0 Å². The van der Waals surface area contributed by atoms with Gasteiger partial charge in [-0.05, 0) is 98.2 Å². The van der Waals surface area contributed by atoms with Crippen molar-refractivity contribution in [3.8, 4) is 27.7 Å². The number of hydrogen-bond donors (Lipinski definition) is 2. The van der Waals surface area contributed by atoms with Gasteiger partial charge in [-0.15, -0.1) is 11.3 Å². The van der Waals surface area contributed by atoms with Gasteiger partial charge in [0.2, 0.25) is 0 Å². The second kappa shape index (κ2) is 11.1. The van der Waals surface area contributed by atoms with Crippen LogP contribution >= 0.6 is 11.3 Å². The number of benzene rings is 3. The fraction of sp³-hybridized carbons (Fsp3) is 0.250. The summed E-state index contributed by atoms with van der Waals surface area (Å²) in [5.74, 6) is 1.01. The Morgan fingerprint density at radius 2 is 1.57 bits per heavy atom. The molecule has 0 aliphatic carbocycles. The molecule has 0 atom stereocenters. The van der Waals surface area contributed by atoms with E-state index in [0.717, 1.165) is 45.9 Å². The predicted molar refractivity (Wildman–Crippen MR) is 136 cm³/mol. The Balaban J connectivity index is 0.00000289. The quantitative estimate of drug-likeness (QED) is 0.375. The van der Waals surface area contributed by atoms with E-state index in [1.807, 2.05) is 24.3 Å². The number of phenols is 2. The number of aromatic hydroxyl groups is 2. The van der Waals surface area contributed by atoms with Gasteiger partial charge in [0, 0.05) is 32.6 Å². The summed E-state index contributed by atoms with van der Waals surface area (Å²) in [6, 6.07) is 19.2. The molecule has 2 N–H and O–H groups in total. The number of phenolic OH excluding ortho intramolecular Hbond substituents is 2. The highest BCUT2D eigenvalue weighted by Gasteiger charge is 2.22. The van der Waals surface area contributed by atoms with Crippen molar-refractivity contribution in [2.24, 2.45) is 0 Å². The molecule has 2 heterocycles. The Morgan fingerprint density at radius 3 is 2.29 bits per heavy atom. The van der Waals surface area contributed by atoms with E-state index in [0.29, 0.717) is 17.7 Å². The van der Waals surface area contributed by atoms with Crippen LogP contribution in [0.4, 0.5) is 0 Å².